The molecule has 156 valence electrons. The molecule has 3 aromatic carbocycles. The molecule has 4 nitrogen and oxygen atoms in total. The highest BCUT2D eigenvalue weighted by Crippen LogP contribution is 2.30. The second kappa shape index (κ2) is 9.60. The molecule has 1 aliphatic rings. The van der Waals surface area contributed by atoms with Crippen molar-refractivity contribution < 1.29 is 9.53 Å². The largest absolute Gasteiger partial charge is 0.489 e. The van der Waals surface area contributed by atoms with Crippen LogP contribution < -0.4 is 10.1 Å². The molecular weight excluding hydrogens is 451 g/mol. The second-order valence-electron chi connectivity index (χ2n) is 6.86. The van der Waals surface area contributed by atoms with Gasteiger partial charge in [-0.2, -0.15) is 0 Å². The van der Waals surface area contributed by atoms with Gasteiger partial charge in [-0.3, -0.25) is 4.79 Å². The Kier molecular flexibility index (Phi) is 6.66. The van der Waals surface area contributed by atoms with Crippen LogP contribution in [-0.4, -0.2) is 11.1 Å². The summed E-state index contributed by atoms with van der Waals surface area (Å²) >= 11 is 13.6. The average molecular weight is 469 g/mol. The van der Waals surface area contributed by atoms with Gasteiger partial charge in [-0.1, -0.05) is 59.6 Å². The maximum Gasteiger partial charge on any atom is 0.264 e. The minimum Gasteiger partial charge on any atom is -0.489 e. The summed E-state index contributed by atoms with van der Waals surface area (Å²) in [6, 6.07) is 20.7. The standard InChI is InChI=1S/C24H18Cl2N2O2S/c1-15-6-9-18(13-21(15)26)27-24-28-23(29)22(31-24)12-16-7-10-19(11-8-16)30-14-17-4-2-3-5-20(17)25/h2-13H,14H2,1H3,(H,27,28,29)/b22-12-. The third-order valence-electron chi connectivity index (χ3n) is 4.57. The van der Waals surface area contributed by atoms with E-state index in [0.717, 1.165) is 22.4 Å². The molecule has 0 atom stereocenters. The Bertz CT molecular complexity index is 1190. The number of ether oxygens (including phenoxy) is 1. The number of nitrogens with one attached hydrogen (secondary N) is 1. The predicted molar refractivity (Wildman–Crippen MR) is 129 cm³/mol. The summed E-state index contributed by atoms with van der Waals surface area (Å²) < 4.78 is 5.80. The van der Waals surface area contributed by atoms with Gasteiger partial charge in [0.1, 0.15) is 12.4 Å². The Morgan fingerprint density at radius 3 is 2.55 bits per heavy atom. The number of halogens is 2. The molecule has 0 saturated carbocycles. The molecule has 1 heterocycles. The quantitative estimate of drug-likeness (QED) is 0.420. The van der Waals surface area contributed by atoms with Crippen LogP contribution in [0.15, 0.2) is 76.6 Å². The van der Waals surface area contributed by atoms with Gasteiger partial charge in [0.05, 0.1) is 10.6 Å². The number of carbonyl (C=O) groups is 1. The lowest BCUT2D eigenvalue weighted by molar-refractivity contribution is -0.115. The molecule has 3 aromatic rings. The number of aryl methyl sites for hydroxylation is 1. The Balaban J connectivity index is 1.42. The van der Waals surface area contributed by atoms with Crippen LogP contribution in [-0.2, 0) is 11.4 Å². The Labute approximate surface area is 194 Å². The lowest BCUT2D eigenvalue weighted by Gasteiger charge is -2.08. The lowest BCUT2D eigenvalue weighted by atomic mass is 10.2. The second-order valence-corrected chi connectivity index (χ2v) is 8.71. The molecule has 31 heavy (non-hydrogen) atoms. The molecule has 4 rings (SSSR count). The van der Waals surface area contributed by atoms with Gasteiger partial charge in [0, 0.05) is 15.6 Å². The van der Waals surface area contributed by atoms with Gasteiger partial charge in [-0.25, -0.2) is 4.99 Å². The van der Waals surface area contributed by atoms with Crippen molar-refractivity contribution in [2.24, 2.45) is 4.99 Å². The molecule has 1 N–H and O–H groups in total. The number of hydrogen-bond acceptors (Lipinski definition) is 4. The zero-order valence-electron chi connectivity index (χ0n) is 16.6. The molecule has 0 spiro atoms. The number of carbonyl (C=O) groups excluding carboxylic acids is 1. The molecule has 0 aromatic heterocycles. The highest BCUT2D eigenvalue weighted by atomic mass is 35.5. The molecule has 0 aliphatic carbocycles. The zero-order chi connectivity index (χ0) is 21.8. The van der Waals surface area contributed by atoms with E-state index >= 15 is 0 Å². The summed E-state index contributed by atoms with van der Waals surface area (Å²) in [5.74, 6) is 0.546. The number of nitrogens with zero attached hydrogens (tertiary/aromatic N) is 1. The maximum absolute atomic E-state index is 12.3. The summed E-state index contributed by atoms with van der Waals surface area (Å²) in [5, 5.41) is 4.63. The molecule has 1 amide bonds. The number of amidine groups is 1. The zero-order valence-corrected chi connectivity index (χ0v) is 18.9. The molecular formula is C24H18Cl2N2O2S. The summed E-state index contributed by atoms with van der Waals surface area (Å²) in [5.41, 5.74) is 3.49. The Morgan fingerprint density at radius 1 is 1.03 bits per heavy atom. The van der Waals surface area contributed by atoms with Gasteiger partial charge in [0.2, 0.25) is 0 Å². The monoisotopic (exact) mass is 468 g/mol. The van der Waals surface area contributed by atoms with Crippen LogP contribution in [0.3, 0.4) is 0 Å². The summed E-state index contributed by atoms with van der Waals surface area (Å²) in [7, 11) is 0. The summed E-state index contributed by atoms with van der Waals surface area (Å²) in [6.45, 7) is 2.32. The van der Waals surface area contributed by atoms with Crippen LogP contribution in [0.4, 0.5) is 5.69 Å². The van der Waals surface area contributed by atoms with E-state index in [1.807, 2.05) is 73.7 Å². The first-order chi connectivity index (χ1) is 15.0. The number of amides is 1. The number of hydrogen-bond donors (Lipinski definition) is 1. The molecule has 1 aliphatic heterocycles. The van der Waals surface area contributed by atoms with Gasteiger partial charge in [-0.05, 0) is 66.2 Å². The van der Waals surface area contributed by atoms with Gasteiger partial charge in [-0.15, -0.1) is 0 Å². The van der Waals surface area contributed by atoms with Crippen LogP contribution in [0.5, 0.6) is 5.75 Å². The van der Waals surface area contributed by atoms with E-state index in [0.29, 0.717) is 32.4 Å². The van der Waals surface area contributed by atoms with Crippen molar-refractivity contribution in [2.75, 3.05) is 0 Å². The van der Waals surface area contributed by atoms with Crippen LogP contribution in [0.25, 0.3) is 6.08 Å². The summed E-state index contributed by atoms with van der Waals surface area (Å²) in [6.07, 6.45) is 1.82. The smallest absolute Gasteiger partial charge is 0.264 e. The third-order valence-corrected chi connectivity index (χ3v) is 6.25. The van der Waals surface area contributed by atoms with Crippen molar-refractivity contribution in [1.29, 1.82) is 0 Å². The van der Waals surface area contributed by atoms with Crippen molar-refractivity contribution in [1.82, 2.24) is 5.32 Å². The number of aliphatic imine (C=N–C) groups is 1. The molecule has 1 saturated heterocycles. The fraction of sp³-hybridized carbons (Fsp3) is 0.0833. The van der Waals surface area contributed by atoms with E-state index in [9.17, 15) is 4.79 Å². The van der Waals surface area contributed by atoms with E-state index in [-0.39, 0.29) is 5.91 Å². The minimum absolute atomic E-state index is 0.180. The van der Waals surface area contributed by atoms with Crippen molar-refractivity contribution in [3.8, 4) is 5.75 Å². The molecule has 0 bridgehead atoms. The first-order valence-electron chi connectivity index (χ1n) is 9.50. The Hall–Kier alpha value is -2.73. The van der Waals surface area contributed by atoms with Gasteiger partial charge in [0.25, 0.3) is 5.91 Å². The fourth-order valence-corrected chi connectivity index (χ4v) is 4.04. The highest BCUT2D eigenvalue weighted by molar-refractivity contribution is 8.18. The van der Waals surface area contributed by atoms with E-state index in [1.54, 1.807) is 6.07 Å². The lowest BCUT2D eigenvalue weighted by Crippen LogP contribution is -2.19. The molecule has 1 fully saturated rings. The minimum atomic E-state index is -0.180. The SMILES string of the molecule is Cc1ccc(N=C2NC(=O)/C(=C/c3ccc(OCc4ccccc4Cl)cc3)S2)cc1Cl. The van der Waals surface area contributed by atoms with E-state index in [4.69, 9.17) is 27.9 Å². The normalized spacial score (nSPS) is 16.0. The van der Waals surface area contributed by atoms with E-state index in [1.165, 1.54) is 11.8 Å². The van der Waals surface area contributed by atoms with Gasteiger partial charge in [0.15, 0.2) is 5.17 Å². The van der Waals surface area contributed by atoms with Crippen LogP contribution in [0, 0.1) is 6.92 Å². The topological polar surface area (TPSA) is 50.7 Å². The van der Waals surface area contributed by atoms with E-state index in [2.05, 4.69) is 10.3 Å². The van der Waals surface area contributed by atoms with Crippen LogP contribution in [0.1, 0.15) is 16.7 Å². The number of rotatable bonds is 5. The van der Waals surface area contributed by atoms with Crippen molar-refractivity contribution >= 4 is 57.8 Å². The highest BCUT2D eigenvalue weighted by Gasteiger charge is 2.23. The maximum atomic E-state index is 12.3. The van der Waals surface area contributed by atoms with Crippen LogP contribution in [0.2, 0.25) is 10.0 Å². The molecule has 7 heteroatoms. The molecule has 0 radical (unpaired) electrons. The first-order valence-corrected chi connectivity index (χ1v) is 11.1. The number of thioether (sulfide) groups is 1. The average Bonchev–Trinajstić information content (AvgIpc) is 3.10. The first kappa shape index (κ1) is 21.5. The fourth-order valence-electron chi connectivity index (χ4n) is 2.84. The Morgan fingerprint density at radius 2 is 1.81 bits per heavy atom. The third kappa shape index (κ3) is 5.50. The predicted octanol–water partition coefficient (Wildman–Crippen LogP) is 6.77. The van der Waals surface area contributed by atoms with Crippen molar-refractivity contribution in [3.63, 3.8) is 0 Å². The summed E-state index contributed by atoms with van der Waals surface area (Å²) in [4.78, 5) is 17.4. The number of benzene rings is 3. The molecule has 0 unspecified atom stereocenters. The van der Waals surface area contributed by atoms with Crippen LogP contribution >= 0.6 is 35.0 Å². The van der Waals surface area contributed by atoms with Crippen molar-refractivity contribution in [2.45, 2.75) is 13.5 Å². The van der Waals surface area contributed by atoms with Crippen molar-refractivity contribution in [3.05, 3.63) is 98.4 Å². The van der Waals surface area contributed by atoms with Gasteiger partial charge >= 0.3 is 0 Å². The van der Waals surface area contributed by atoms with Gasteiger partial charge < -0.3 is 10.1 Å². The van der Waals surface area contributed by atoms with E-state index < -0.39 is 0 Å².